The lowest BCUT2D eigenvalue weighted by Gasteiger charge is -2.46. The Bertz CT molecular complexity index is 1050. The molecule has 2 saturated heterocycles. The summed E-state index contributed by atoms with van der Waals surface area (Å²) in [4.78, 5) is 50.9. The molecule has 49 heavy (non-hydrogen) atoms. The molecule has 0 saturated carbocycles. The van der Waals surface area contributed by atoms with E-state index in [4.69, 9.17) is 33.2 Å². The lowest BCUT2D eigenvalue weighted by molar-refractivity contribution is -0.384. The number of hydrogen-bond donors (Lipinski definition) is 4. The van der Waals surface area contributed by atoms with Crippen LogP contribution in [0.1, 0.15) is 99.8 Å². The average Bonchev–Trinajstić information content (AvgIpc) is 3.32. The van der Waals surface area contributed by atoms with E-state index in [1.165, 1.54) is 13.8 Å². The summed E-state index contributed by atoms with van der Waals surface area (Å²) in [6.45, 7) is 9.15. The Morgan fingerprint density at radius 3 is 1.78 bits per heavy atom. The molecule has 0 aliphatic carbocycles. The van der Waals surface area contributed by atoms with Crippen LogP contribution in [-0.2, 0) is 52.3 Å². The van der Waals surface area contributed by atoms with Gasteiger partial charge in [0.05, 0.1) is 24.4 Å². The van der Waals surface area contributed by atoms with E-state index in [9.17, 15) is 39.6 Å². The lowest BCUT2D eigenvalue weighted by atomic mass is 9.97. The van der Waals surface area contributed by atoms with E-state index in [-0.39, 0.29) is 6.42 Å². The number of aliphatic hydroxyl groups is 4. The molecule has 2 aliphatic rings. The van der Waals surface area contributed by atoms with Gasteiger partial charge in [-0.1, -0.05) is 87.0 Å². The van der Waals surface area contributed by atoms with Gasteiger partial charge in [0, 0.05) is 6.42 Å². The number of hydrogen-bond acceptors (Lipinski definition) is 15. The molecule has 0 aromatic rings. The van der Waals surface area contributed by atoms with Crippen molar-refractivity contribution < 1.29 is 72.8 Å². The van der Waals surface area contributed by atoms with Crippen LogP contribution in [0, 0.1) is 17.8 Å². The highest BCUT2D eigenvalue weighted by molar-refractivity contribution is 5.73. The third-order valence-corrected chi connectivity index (χ3v) is 8.36. The number of aliphatic hydroxyl groups excluding tert-OH is 4. The largest absolute Gasteiger partial charge is 0.463 e. The molecule has 2 fully saturated rings. The highest BCUT2D eigenvalue weighted by atomic mass is 16.8. The van der Waals surface area contributed by atoms with Gasteiger partial charge in [0.1, 0.15) is 37.6 Å². The van der Waals surface area contributed by atoms with Crippen molar-refractivity contribution in [2.75, 3.05) is 19.8 Å². The molecule has 15 nitrogen and oxygen atoms in total. The van der Waals surface area contributed by atoms with Crippen LogP contribution in [0.25, 0.3) is 0 Å². The fraction of sp³-hybridized carbons (Fsp3) is 0.882. The first-order valence-corrected chi connectivity index (χ1v) is 17.5. The Kier molecular flexibility index (Phi) is 17.8. The lowest BCUT2D eigenvalue weighted by Crippen LogP contribution is -2.65. The predicted octanol–water partition coefficient (Wildman–Crippen LogP) is 1.92. The minimum atomic E-state index is -2.38. The van der Waals surface area contributed by atoms with Crippen molar-refractivity contribution in [3.05, 3.63) is 0 Å². The van der Waals surface area contributed by atoms with Crippen molar-refractivity contribution in [1.82, 2.24) is 0 Å². The van der Waals surface area contributed by atoms with Crippen molar-refractivity contribution in [1.29, 1.82) is 0 Å². The molecule has 2 heterocycles. The fourth-order valence-corrected chi connectivity index (χ4v) is 5.29. The van der Waals surface area contributed by atoms with Crippen molar-refractivity contribution in [3.63, 3.8) is 0 Å². The maximum atomic E-state index is 12.8. The van der Waals surface area contributed by atoms with Gasteiger partial charge in [-0.2, -0.15) is 0 Å². The number of carbonyl (C=O) groups is 4. The number of unbranched alkanes of at least 4 members (excludes halogenated alkanes) is 6. The minimum absolute atomic E-state index is 0.121. The topological polar surface area (TPSA) is 214 Å². The maximum Gasteiger partial charge on any atom is 0.308 e. The van der Waals surface area contributed by atoms with E-state index in [1.807, 2.05) is 0 Å². The van der Waals surface area contributed by atoms with Crippen molar-refractivity contribution in [3.8, 4) is 0 Å². The molecule has 0 amide bonds. The molecule has 0 bridgehead atoms. The fourth-order valence-electron chi connectivity index (χ4n) is 5.29. The maximum absolute atomic E-state index is 12.8. The molecule has 0 spiro atoms. The molecular formula is C34H58O15. The van der Waals surface area contributed by atoms with Crippen LogP contribution < -0.4 is 0 Å². The highest BCUT2D eigenvalue weighted by Gasteiger charge is 2.62. The van der Waals surface area contributed by atoms with Crippen LogP contribution in [0.5, 0.6) is 0 Å². The van der Waals surface area contributed by atoms with E-state index in [1.54, 1.807) is 27.7 Å². The van der Waals surface area contributed by atoms with Gasteiger partial charge in [0.25, 0.3) is 0 Å². The summed E-state index contributed by atoms with van der Waals surface area (Å²) in [7, 11) is 0. The van der Waals surface area contributed by atoms with Gasteiger partial charge in [-0.3, -0.25) is 19.2 Å². The smallest absolute Gasteiger partial charge is 0.308 e. The van der Waals surface area contributed by atoms with Crippen molar-refractivity contribution in [2.45, 2.75) is 155 Å². The van der Waals surface area contributed by atoms with Gasteiger partial charge in [-0.15, -0.1) is 0 Å². The van der Waals surface area contributed by atoms with E-state index in [0.717, 1.165) is 38.5 Å². The summed E-state index contributed by atoms with van der Waals surface area (Å²) in [6.07, 6.45) is -5.93. The molecular weight excluding hydrogens is 648 g/mol. The van der Waals surface area contributed by atoms with Gasteiger partial charge in [-0.05, 0) is 6.42 Å². The SMILES string of the molecule is CCCCCCCCCC(=O)OCC1OC(OC2(CO)OC(CO)C(O)C2OC(=O)C(C)C)C(O)C(OC(=O)C(C)C)C1OC(=O)C(C)C. The van der Waals surface area contributed by atoms with Crippen LogP contribution in [0.15, 0.2) is 0 Å². The quantitative estimate of drug-likeness (QED) is 0.0809. The van der Waals surface area contributed by atoms with Gasteiger partial charge >= 0.3 is 23.9 Å². The molecule has 15 heteroatoms. The molecule has 9 unspecified atom stereocenters. The summed E-state index contributed by atoms with van der Waals surface area (Å²) in [5.41, 5.74) is 0. The average molecular weight is 707 g/mol. The van der Waals surface area contributed by atoms with Crippen LogP contribution in [0.3, 0.4) is 0 Å². The molecule has 9 atom stereocenters. The molecule has 4 N–H and O–H groups in total. The highest BCUT2D eigenvalue weighted by Crippen LogP contribution is 2.39. The monoisotopic (exact) mass is 706 g/mol. The summed E-state index contributed by atoms with van der Waals surface area (Å²) < 4.78 is 39.8. The Morgan fingerprint density at radius 2 is 1.24 bits per heavy atom. The van der Waals surface area contributed by atoms with E-state index in [2.05, 4.69) is 6.92 Å². The minimum Gasteiger partial charge on any atom is -0.463 e. The number of esters is 4. The molecule has 0 aromatic carbocycles. The van der Waals surface area contributed by atoms with Gasteiger partial charge in [0.15, 0.2) is 24.6 Å². The van der Waals surface area contributed by atoms with E-state index in [0.29, 0.717) is 6.42 Å². The van der Waals surface area contributed by atoms with Crippen LogP contribution in [-0.4, -0.2) is 119 Å². The Balaban J connectivity index is 2.40. The molecule has 2 aliphatic heterocycles. The predicted molar refractivity (Wildman–Crippen MR) is 171 cm³/mol. The molecule has 0 radical (unpaired) electrons. The van der Waals surface area contributed by atoms with Crippen molar-refractivity contribution in [2.24, 2.45) is 17.8 Å². The zero-order valence-corrected chi connectivity index (χ0v) is 29.9. The molecule has 284 valence electrons. The summed E-state index contributed by atoms with van der Waals surface area (Å²) in [5, 5.41) is 42.7. The van der Waals surface area contributed by atoms with Crippen LogP contribution >= 0.6 is 0 Å². The van der Waals surface area contributed by atoms with Gasteiger partial charge < -0.3 is 53.6 Å². The van der Waals surface area contributed by atoms with Crippen molar-refractivity contribution >= 4 is 23.9 Å². The second-order valence-corrected chi connectivity index (χ2v) is 13.6. The zero-order chi connectivity index (χ0) is 36.9. The third kappa shape index (κ3) is 12.1. The van der Waals surface area contributed by atoms with Gasteiger partial charge in [-0.25, -0.2) is 0 Å². The Hall–Kier alpha value is -2.40. The first-order valence-electron chi connectivity index (χ1n) is 17.5. The summed E-state index contributed by atoms with van der Waals surface area (Å²) in [5.74, 6) is -7.16. The normalized spacial score (nSPS) is 30.1. The van der Waals surface area contributed by atoms with Crippen LogP contribution in [0.4, 0.5) is 0 Å². The second-order valence-electron chi connectivity index (χ2n) is 13.6. The van der Waals surface area contributed by atoms with E-state index < -0.39 is 116 Å². The van der Waals surface area contributed by atoms with Gasteiger partial charge in [0.2, 0.25) is 5.79 Å². The summed E-state index contributed by atoms with van der Waals surface area (Å²) in [6, 6.07) is 0. The number of rotatable bonds is 20. The first kappa shape index (κ1) is 42.8. The number of carbonyl (C=O) groups excluding carboxylic acids is 4. The Labute approximate surface area is 288 Å². The first-order chi connectivity index (χ1) is 23.1. The zero-order valence-electron chi connectivity index (χ0n) is 29.9. The second kappa shape index (κ2) is 20.4. The Morgan fingerprint density at radius 1 is 0.714 bits per heavy atom. The standard InChI is InChI=1S/C34H58O15/c1-8-9-10-11-12-13-14-15-24(37)43-17-23-27(45-30(40)19(2)3)28(46-31(41)20(4)5)26(39)33(44-23)49-34(18-36)29(47-32(42)21(6)7)25(38)22(16-35)48-34/h19-23,25-29,33,35-36,38-39H,8-18H2,1-7H3. The third-order valence-electron chi connectivity index (χ3n) is 8.36. The molecule has 0 aromatic heterocycles. The summed E-state index contributed by atoms with van der Waals surface area (Å²) >= 11 is 0. The number of ether oxygens (including phenoxy) is 7. The van der Waals surface area contributed by atoms with Crippen LogP contribution in [0.2, 0.25) is 0 Å². The molecule has 2 rings (SSSR count). The van der Waals surface area contributed by atoms with E-state index >= 15 is 0 Å².